The molecular weight excluding hydrogens is 166 g/mol. The van der Waals surface area contributed by atoms with E-state index in [1.54, 1.807) is 0 Å². The summed E-state index contributed by atoms with van der Waals surface area (Å²) in [6, 6.07) is 1.86. The van der Waals surface area contributed by atoms with E-state index >= 15 is 0 Å². The van der Waals surface area contributed by atoms with Gasteiger partial charge in [-0.3, -0.25) is 4.68 Å². The predicted octanol–water partition coefficient (Wildman–Crippen LogP) is 1.20. The molecule has 2 N–H and O–H groups in total. The van der Waals surface area contributed by atoms with Gasteiger partial charge in [-0.05, 0) is 20.8 Å². The van der Waals surface area contributed by atoms with E-state index in [0.29, 0.717) is 12.4 Å². The Morgan fingerprint density at radius 3 is 2.77 bits per heavy atom. The zero-order valence-corrected chi connectivity index (χ0v) is 8.45. The van der Waals surface area contributed by atoms with E-state index < -0.39 is 0 Å². The van der Waals surface area contributed by atoms with Crippen molar-refractivity contribution >= 4 is 5.82 Å². The van der Waals surface area contributed by atoms with Crippen LogP contribution in [0.5, 0.6) is 0 Å². The van der Waals surface area contributed by atoms with Gasteiger partial charge in [0.25, 0.3) is 0 Å². The molecule has 0 aliphatic heterocycles. The van der Waals surface area contributed by atoms with Crippen LogP contribution in [0.4, 0.5) is 5.82 Å². The molecule has 0 unspecified atom stereocenters. The molecule has 0 aliphatic carbocycles. The number of nitrogens with zero attached hydrogens (tertiary/aromatic N) is 2. The van der Waals surface area contributed by atoms with Crippen molar-refractivity contribution in [1.29, 1.82) is 0 Å². The molecule has 0 aliphatic rings. The normalized spacial score (nSPS) is 11.1. The maximum absolute atomic E-state index is 5.54. The van der Waals surface area contributed by atoms with Crippen molar-refractivity contribution in [2.24, 2.45) is 0 Å². The van der Waals surface area contributed by atoms with Crippen LogP contribution in [0.3, 0.4) is 0 Å². The summed E-state index contributed by atoms with van der Waals surface area (Å²) in [7, 11) is 0. The first-order valence-electron chi connectivity index (χ1n) is 4.51. The number of nitrogens with two attached hydrogens (primary N) is 1. The Bertz CT molecular complexity index is 268. The lowest BCUT2D eigenvalue weighted by Gasteiger charge is -2.08. The van der Waals surface area contributed by atoms with E-state index in [4.69, 9.17) is 10.5 Å². The van der Waals surface area contributed by atoms with Crippen LogP contribution < -0.4 is 5.73 Å². The van der Waals surface area contributed by atoms with Crippen molar-refractivity contribution in [2.45, 2.75) is 33.4 Å². The molecule has 0 saturated carbocycles. The Kier molecular flexibility index (Phi) is 3.31. The van der Waals surface area contributed by atoms with Crippen LogP contribution in [0.15, 0.2) is 6.07 Å². The van der Waals surface area contributed by atoms with Crippen molar-refractivity contribution in [1.82, 2.24) is 9.78 Å². The molecule has 4 nitrogen and oxygen atoms in total. The second kappa shape index (κ2) is 4.28. The molecule has 0 atom stereocenters. The molecule has 4 heteroatoms. The van der Waals surface area contributed by atoms with Gasteiger partial charge in [0.1, 0.15) is 5.82 Å². The Balaban J connectivity index is 2.40. The zero-order chi connectivity index (χ0) is 9.84. The second-order valence-electron chi connectivity index (χ2n) is 3.35. The SMILES string of the molecule is Cc1cc(N)nn1CCOC(C)C. The molecule has 0 fully saturated rings. The van der Waals surface area contributed by atoms with E-state index in [2.05, 4.69) is 5.10 Å². The summed E-state index contributed by atoms with van der Waals surface area (Å²) in [6.45, 7) is 7.47. The summed E-state index contributed by atoms with van der Waals surface area (Å²) < 4.78 is 7.27. The highest BCUT2D eigenvalue weighted by Crippen LogP contribution is 2.03. The van der Waals surface area contributed by atoms with Gasteiger partial charge in [-0.1, -0.05) is 0 Å². The van der Waals surface area contributed by atoms with Crippen LogP contribution in [-0.2, 0) is 11.3 Å². The second-order valence-corrected chi connectivity index (χ2v) is 3.35. The number of ether oxygens (including phenoxy) is 1. The van der Waals surface area contributed by atoms with E-state index in [1.807, 2.05) is 31.5 Å². The van der Waals surface area contributed by atoms with Crippen molar-refractivity contribution in [3.8, 4) is 0 Å². The molecule has 0 amide bonds. The van der Waals surface area contributed by atoms with E-state index in [1.165, 1.54) is 0 Å². The topological polar surface area (TPSA) is 53.1 Å². The Morgan fingerprint density at radius 1 is 1.62 bits per heavy atom. The quantitative estimate of drug-likeness (QED) is 0.763. The number of hydrogen-bond acceptors (Lipinski definition) is 3. The third-order valence-corrected chi connectivity index (χ3v) is 1.75. The fraction of sp³-hybridized carbons (Fsp3) is 0.667. The summed E-state index contributed by atoms with van der Waals surface area (Å²) >= 11 is 0. The van der Waals surface area contributed by atoms with Gasteiger partial charge in [-0.25, -0.2) is 0 Å². The largest absolute Gasteiger partial charge is 0.382 e. The minimum Gasteiger partial charge on any atom is -0.382 e. The zero-order valence-electron chi connectivity index (χ0n) is 8.45. The lowest BCUT2D eigenvalue weighted by molar-refractivity contribution is 0.0707. The molecule has 0 saturated heterocycles. The average Bonchev–Trinajstić information content (AvgIpc) is 2.29. The van der Waals surface area contributed by atoms with E-state index in [0.717, 1.165) is 12.2 Å². The summed E-state index contributed by atoms with van der Waals surface area (Å²) in [6.07, 6.45) is 0.271. The van der Waals surface area contributed by atoms with Crippen LogP contribution >= 0.6 is 0 Å². The molecule has 1 aromatic rings. The molecule has 13 heavy (non-hydrogen) atoms. The molecule has 0 bridgehead atoms. The predicted molar refractivity (Wildman–Crippen MR) is 52.5 cm³/mol. The van der Waals surface area contributed by atoms with Crippen molar-refractivity contribution in [3.05, 3.63) is 11.8 Å². The minimum atomic E-state index is 0.271. The monoisotopic (exact) mass is 183 g/mol. The molecule has 0 spiro atoms. The van der Waals surface area contributed by atoms with Gasteiger partial charge in [0.05, 0.1) is 19.3 Å². The highest BCUT2D eigenvalue weighted by atomic mass is 16.5. The standard InChI is InChI=1S/C9H17N3O/c1-7(2)13-5-4-12-8(3)6-9(10)11-12/h6-7H,4-5H2,1-3H3,(H2,10,11). The summed E-state index contributed by atoms with van der Waals surface area (Å²) in [5.74, 6) is 0.571. The average molecular weight is 183 g/mol. The Hall–Kier alpha value is -1.03. The summed E-state index contributed by atoms with van der Waals surface area (Å²) in [5.41, 5.74) is 6.61. The number of hydrogen-bond donors (Lipinski definition) is 1. The van der Waals surface area contributed by atoms with Gasteiger partial charge in [-0.15, -0.1) is 0 Å². The molecule has 0 radical (unpaired) electrons. The fourth-order valence-corrected chi connectivity index (χ4v) is 1.14. The molecule has 74 valence electrons. The van der Waals surface area contributed by atoms with Gasteiger partial charge < -0.3 is 10.5 Å². The fourth-order valence-electron chi connectivity index (χ4n) is 1.14. The van der Waals surface area contributed by atoms with E-state index in [-0.39, 0.29) is 6.10 Å². The van der Waals surface area contributed by atoms with Gasteiger partial charge in [0.2, 0.25) is 0 Å². The van der Waals surface area contributed by atoms with E-state index in [9.17, 15) is 0 Å². The number of aryl methyl sites for hydroxylation is 1. The third kappa shape index (κ3) is 3.06. The maximum atomic E-state index is 5.54. The first-order valence-corrected chi connectivity index (χ1v) is 4.51. The summed E-state index contributed by atoms with van der Waals surface area (Å²) in [5, 5.41) is 4.12. The number of nitrogen functional groups attached to an aromatic ring is 1. The molecule has 1 rings (SSSR count). The van der Waals surface area contributed by atoms with Gasteiger partial charge in [0.15, 0.2) is 0 Å². The lowest BCUT2D eigenvalue weighted by Crippen LogP contribution is -2.12. The Morgan fingerprint density at radius 2 is 2.31 bits per heavy atom. The maximum Gasteiger partial charge on any atom is 0.145 e. The van der Waals surface area contributed by atoms with Crippen molar-refractivity contribution < 1.29 is 4.74 Å². The van der Waals surface area contributed by atoms with Crippen LogP contribution in [0.2, 0.25) is 0 Å². The van der Waals surface area contributed by atoms with Crippen LogP contribution in [-0.4, -0.2) is 22.5 Å². The first kappa shape index (κ1) is 10.1. The molecule has 1 heterocycles. The van der Waals surface area contributed by atoms with Gasteiger partial charge in [0, 0.05) is 11.8 Å². The van der Waals surface area contributed by atoms with Crippen LogP contribution in [0.25, 0.3) is 0 Å². The number of aromatic nitrogens is 2. The van der Waals surface area contributed by atoms with Crippen molar-refractivity contribution in [2.75, 3.05) is 12.3 Å². The Labute approximate surface area is 78.7 Å². The minimum absolute atomic E-state index is 0.271. The molecular formula is C9H17N3O. The summed E-state index contributed by atoms with van der Waals surface area (Å²) in [4.78, 5) is 0. The highest BCUT2D eigenvalue weighted by Gasteiger charge is 2.01. The van der Waals surface area contributed by atoms with Crippen molar-refractivity contribution in [3.63, 3.8) is 0 Å². The van der Waals surface area contributed by atoms with Gasteiger partial charge in [-0.2, -0.15) is 5.10 Å². The third-order valence-electron chi connectivity index (χ3n) is 1.75. The smallest absolute Gasteiger partial charge is 0.145 e. The van der Waals surface area contributed by atoms with Gasteiger partial charge >= 0.3 is 0 Å². The molecule has 1 aromatic heterocycles. The lowest BCUT2D eigenvalue weighted by atomic mass is 10.4. The van der Waals surface area contributed by atoms with Crippen LogP contribution in [0.1, 0.15) is 19.5 Å². The number of anilines is 1. The van der Waals surface area contributed by atoms with Crippen LogP contribution in [0, 0.1) is 6.92 Å². The molecule has 0 aromatic carbocycles. The first-order chi connectivity index (χ1) is 6.09. The number of rotatable bonds is 4. The highest BCUT2D eigenvalue weighted by molar-refractivity contribution is 5.28.